The number of hydrogen-bond acceptors (Lipinski definition) is 2. The van der Waals surface area contributed by atoms with Crippen molar-refractivity contribution in [2.24, 2.45) is 5.92 Å². The smallest absolute Gasteiger partial charge is 0.333 e. The largest absolute Gasteiger partial charge is 0.406 e. The van der Waals surface area contributed by atoms with Crippen LogP contribution in [0.25, 0.3) is 0 Å². The van der Waals surface area contributed by atoms with Gasteiger partial charge < -0.3 is 10.2 Å². The molecule has 4 nitrogen and oxygen atoms in total. The molecule has 1 fully saturated rings. The number of nitrogens with zero attached hydrogens (tertiary/aromatic N) is 1. The Morgan fingerprint density at radius 3 is 2.76 bits per heavy atom. The van der Waals surface area contributed by atoms with Crippen LogP contribution in [-0.2, 0) is 9.59 Å². The Hall–Kier alpha value is -1.76. The third-order valence-corrected chi connectivity index (χ3v) is 3.28. The summed E-state index contributed by atoms with van der Waals surface area (Å²) in [5.74, 6) is -1.95. The van der Waals surface area contributed by atoms with E-state index < -0.39 is 30.5 Å². The lowest BCUT2D eigenvalue weighted by Gasteiger charge is -2.18. The maximum absolute atomic E-state index is 12.3. The van der Waals surface area contributed by atoms with Crippen molar-refractivity contribution < 1.29 is 22.8 Å². The van der Waals surface area contributed by atoms with Crippen LogP contribution in [-0.4, -0.2) is 36.0 Å². The number of carbonyl (C=O) groups excluding carboxylic acids is 2. The van der Waals surface area contributed by atoms with Crippen molar-refractivity contribution in [1.29, 1.82) is 0 Å². The van der Waals surface area contributed by atoms with Crippen LogP contribution in [0.2, 0.25) is 5.02 Å². The van der Waals surface area contributed by atoms with Gasteiger partial charge in [-0.25, -0.2) is 0 Å². The Morgan fingerprint density at radius 2 is 2.14 bits per heavy atom. The minimum atomic E-state index is -4.46. The van der Waals surface area contributed by atoms with E-state index in [1.807, 2.05) is 0 Å². The van der Waals surface area contributed by atoms with Crippen LogP contribution in [0, 0.1) is 5.92 Å². The standard InChI is InChI=1S/C13H12ClF3N2O2/c14-9-2-1-3-10(5-9)18-12(21)8-4-11(20)19(6-8)7-13(15,16)17/h1-3,5,8H,4,6-7H2,(H,18,21). The van der Waals surface area contributed by atoms with Gasteiger partial charge in [-0.15, -0.1) is 0 Å². The van der Waals surface area contributed by atoms with Crippen LogP contribution in [0.15, 0.2) is 24.3 Å². The van der Waals surface area contributed by atoms with Gasteiger partial charge in [0.05, 0.1) is 5.92 Å². The highest BCUT2D eigenvalue weighted by molar-refractivity contribution is 6.30. The maximum atomic E-state index is 12.3. The second kappa shape index (κ2) is 5.93. The van der Waals surface area contributed by atoms with E-state index in [0.717, 1.165) is 0 Å². The number of anilines is 1. The van der Waals surface area contributed by atoms with E-state index in [1.165, 1.54) is 6.07 Å². The molecule has 1 N–H and O–H groups in total. The van der Waals surface area contributed by atoms with Crippen molar-refractivity contribution in [1.82, 2.24) is 4.90 Å². The average molecular weight is 321 g/mol. The first-order valence-electron chi connectivity index (χ1n) is 6.15. The molecule has 1 aliphatic heterocycles. The number of likely N-dealkylation sites (tertiary alicyclic amines) is 1. The normalized spacial score (nSPS) is 19.0. The Balaban J connectivity index is 1.97. The molecule has 1 saturated heterocycles. The Bertz CT molecular complexity index is 563. The number of benzene rings is 1. The van der Waals surface area contributed by atoms with E-state index in [0.29, 0.717) is 15.6 Å². The average Bonchev–Trinajstić information content (AvgIpc) is 2.69. The molecule has 0 aliphatic carbocycles. The van der Waals surface area contributed by atoms with Gasteiger partial charge in [0.15, 0.2) is 0 Å². The molecule has 0 aromatic heterocycles. The second-order valence-corrected chi connectivity index (χ2v) is 5.23. The number of rotatable bonds is 3. The van der Waals surface area contributed by atoms with Gasteiger partial charge in [-0.2, -0.15) is 13.2 Å². The van der Waals surface area contributed by atoms with E-state index in [9.17, 15) is 22.8 Å². The van der Waals surface area contributed by atoms with Gasteiger partial charge in [-0.1, -0.05) is 17.7 Å². The molecule has 1 aromatic rings. The first-order valence-corrected chi connectivity index (χ1v) is 6.53. The van der Waals surface area contributed by atoms with Gasteiger partial charge >= 0.3 is 6.18 Å². The number of amides is 2. The van der Waals surface area contributed by atoms with E-state index in [2.05, 4.69) is 5.32 Å². The maximum Gasteiger partial charge on any atom is 0.406 e. The predicted octanol–water partition coefficient (Wildman–Crippen LogP) is 2.69. The van der Waals surface area contributed by atoms with Crippen molar-refractivity contribution in [3.8, 4) is 0 Å². The molecule has 2 amide bonds. The van der Waals surface area contributed by atoms with E-state index in [-0.39, 0.29) is 13.0 Å². The number of halogens is 4. The molecule has 1 heterocycles. The summed E-state index contributed by atoms with van der Waals surface area (Å²) in [6, 6.07) is 6.38. The molecule has 1 unspecified atom stereocenters. The van der Waals surface area contributed by atoms with Gasteiger partial charge in [0, 0.05) is 23.7 Å². The lowest BCUT2D eigenvalue weighted by Crippen LogP contribution is -2.36. The quantitative estimate of drug-likeness (QED) is 0.931. The number of nitrogens with one attached hydrogen (secondary N) is 1. The summed E-state index contributed by atoms with van der Waals surface area (Å²) in [6.07, 6.45) is -4.68. The van der Waals surface area contributed by atoms with Gasteiger partial charge in [-0.05, 0) is 18.2 Å². The monoisotopic (exact) mass is 320 g/mol. The molecule has 2 rings (SSSR count). The Kier molecular flexibility index (Phi) is 4.41. The number of hydrogen-bond donors (Lipinski definition) is 1. The van der Waals surface area contributed by atoms with Gasteiger partial charge in [-0.3, -0.25) is 9.59 Å². The molecule has 1 atom stereocenters. The zero-order chi connectivity index (χ0) is 15.6. The fourth-order valence-corrected chi connectivity index (χ4v) is 2.32. The summed E-state index contributed by atoms with van der Waals surface area (Å²) in [6.45, 7) is -1.56. The molecule has 0 spiro atoms. The summed E-state index contributed by atoms with van der Waals surface area (Å²) in [4.78, 5) is 24.1. The summed E-state index contributed by atoms with van der Waals surface area (Å²) >= 11 is 5.77. The number of carbonyl (C=O) groups is 2. The lowest BCUT2D eigenvalue weighted by molar-refractivity contribution is -0.157. The minimum Gasteiger partial charge on any atom is -0.333 e. The first-order chi connectivity index (χ1) is 9.74. The van der Waals surface area contributed by atoms with Crippen LogP contribution in [0.3, 0.4) is 0 Å². The fourth-order valence-electron chi connectivity index (χ4n) is 2.13. The van der Waals surface area contributed by atoms with Crippen LogP contribution >= 0.6 is 11.6 Å². The lowest BCUT2D eigenvalue weighted by atomic mass is 10.1. The minimum absolute atomic E-state index is 0.220. The second-order valence-electron chi connectivity index (χ2n) is 4.79. The van der Waals surface area contributed by atoms with Crippen molar-refractivity contribution >= 4 is 29.1 Å². The summed E-state index contributed by atoms with van der Waals surface area (Å²) < 4.78 is 36.9. The third-order valence-electron chi connectivity index (χ3n) is 3.05. The molecule has 0 bridgehead atoms. The molecular formula is C13H12ClF3N2O2. The van der Waals surface area contributed by atoms with Crippen molar-refractivity contribution in [3.05, 3.63) is 29.3 Å². The van der Waals surface area contributed by atoms with Crippen molar-refractivity contribution in [2.75, 3.05) is 18.4 Å². The zero-order valence-electron chi connectivity index (χ0n) is 10.8. The van der Waals surface area contributed by atoms with Crippen molar-refractivity contribution in [2.45, 2.75) is 12.6 Å². The first kappa shape index (κ1) is 15.6. The Labute approximate surface area is 123 Å². The van der Waals surface area contributed by atoms with Gasteiger partial charge in [0.1, 0.15) is 6.54 Å². The molecule has 0 radical (unpaired) electrons. The highest BCUT2D eigenvalue weighted by atomic mass is 35.5. The molecule has 21 heavy (non-hydrogen) atoms. The molecule has 1 aromatic carbocycles. The third kappa shape index (κ3) is 4.35. The van der Waals surface area contributed by atoms with Gasteiger partial charge in [0.2, 0.25) is 11.8 Å². The van der Waals surface area contributed by atoms with E-state index in [1.54, 1.807) is 18.2 Å². The van der Waals surface area contributed by atoms with Gasteiger partial charge in [0.25, 0.3) is 0 Å². The molecule has 114 valence electrons. The zero-order valence-corrected chi connectivity index (χ0v) is 11.5. The summed E-state index contributed by atoms with van der Waals surface area (Å²) in [7, 11) is 0. The van der Waals surface area contributed by atoms with Crippen LogP contribution in [0.5, 0.6) is 0 Å². The number of alkyl halides is 3. The fraction of sp³-hybridized carbons (Fsp3) is 0.385. The van der Waals surface area contributed by atoms with Crippen LogP contribution in [0.1, 0.15) is 6.42 Å². The SMILES string of the molecule is O=C(Nc1cccc(Cl)c1)C1CC(=O)N(CC(F)(F)F)C1. The van der Waals surface area contributed by atoms with E-state index >= 15 is 0 Å². The topological polar surface area (TPSA) is 49.4 Å². The van der Waals surface area contributed by atoms with E-state index in [4.69, 9.17) is 11.6 Å². The molecule has 8 heteroatoms. The Morgan fingerprint density at radius 1 is 1.43 bits per heavy atom. The molecule has 1 aliphatic rings. The summed E-state index contributed by atoms with van der Waals surface area (Å²) in [5, 5.41) is 2.97. The molecular weight excluding hydrogens is 309 g/mol. The van der Waals surface area contributed by atoms with Crippen molar-refractivity contribution in [3.63, 3.8) is 0 Å². The van der Waals surface area contributed by atoms with Crippen LogP contribution in [0.4, 0.5) is 18.9 Å². The molecule has 0 saturated carbocycles. The predicted molar refractivity (Wildman–Crippen MR) is 70.8 cm³/mol. The summed E-state index contributed by atoms with van der Waals surface area (Å²) in [5.41, 5.74) is 0.439. The van der Waals surface area contributed by atoms with Crippen LogP contribution < -0.4 is 5.32 Å². The highest BCUT2D eigenvalue weighted by Gasteiger charge is 2.40. The highest BCUT2D eigenvalue weighted by Crippen LogP contribution is 2.25.